The van der Waals surface area contributed by atoms with Gasteiger partial charge in [0.2, 0.25) is 6.79 Å². The maximum atomic E-state index is 13.2. The standard InChI is InChI=1S/C27H22N2O3.BrH/c30-25(22-11-10-20-5-1-2-6-21(20)14-22)16-29-17-28(23-7-3-4-8-24(23)29)15-19-9-12-26-27(13-19)32-18-31-26;/h1-14H,15-18H2;1H. The molecule has 0 aromatic heterocycles. The van der Waals surface area contributed by atoms with Crippen LogP contribution in [0.1, 0.15) is 15.9 Å². The second-order valence-corrected chi connectivity index (χ2v) is 8.20. The van der Waals surface area contributed by atoms with Crippen molar-refractivity contribution in [3.8, 4) is 11.5 Å². The molecule has 0 saturated carbocycles. The molecule has 0 atom stereocenters. The number of ether oxygens (including phenoxy) is 2. The fraction of sp³-hybridized carbons (Fsp3) is 0.148. The van der Waals surface area contributed by atoms with Gasteiger partial charge >= 0.3 is 0 Å². The Bertz CT molecular complexity index is 1340. The molecule has 0 radical (unpaired) electrons. The second-order valence-electron chi connectivity index (χ2n) is 8.20. The third kappa shape index (κ3) is 4.02. The molecular formula is C27H23BrN2O3. The van der Waals surface area contributed by atoms with E-state index >= 15 is 0 Å². The summed E-state index contributed by atoms with van der Waals surface area (Å²) in [7, 11) is 0. The minimum Gasteiger partial charge on any atom is -0.454 e. The van der Waals surface area contributed by atoms with E-state index in [9.17, 15) is 4.79 Å². The van der Waals surface area contributed by atoms with Crippen molar-refractivity contribution in [1.82, 2.24) is 0 Å². The summed E-state index contributed by atoms with van der Waals surface area (Å²) in [5.41, 5.74) is 4.11. The van der Waals surface area contributed by atoms with Crippen molar-refractivity contribution < 1.29 is 14.3 Å². The van der Waals surface area contributed by atoms with Crippen LogP contribution >= 0.6 is 17.0 Å². The molecule has 2 aliphatic rings. The van der Waals surface area contributed by atoms with Gasteiger partial charge in [-0.2, -0.15) is 0 Å². The molecule has 5 nitrogen and oxygen atoms in total. The average molecular weight is 503 g/mol. The van der Waals surface area contributed by atoms with E-state index in [-0.39, 0.29) is 29.6 Å². The Hall–Kier alpha value is -3.51. The number of para-hydroxylation sites is 2. The highest BCUT2D eigenvalue weighted by molar-refractivity contribution is 8.93. The van der Waals surface area contributed by atoms with Gasteiger partial charge in [0, 0.05) is 12.1 Å². The lowest BCUT2D eigenvalue weighted by molar-refractivity contribution is 0.0999. The van der Waals surface area contributed by atoms with E-state index < -0.39 is 0 Å². The fourth-order valence-electron chi connectivity index (χ4n) is 4.51. The van der Waals surface area contributed by atoms with Gasteiger partial charge in [0.25, 0.3) is 0 Å². The summed E-state index contributed by atoms with van der Waals surface area (Å²) < 4.78 is 11.0. The molecule has 33 heavy (non-hydrogen) atoms. The number of anilines is 2. The van der Waals surface area contributed by atoms with Crippen molar-refractivity contribution in [3.63, 3.8) is 0 Å². The largest absolute Gasteiger partial charge is 0.454 e. The second kappa shape index (κ2) is 8.79. The van der Waals surface area contributed by atoms with Crippen LogP contribution in [0.2, 0.25) is 0 Å². The number of ketones is 1. The van der Waals surface area contributed by atoms with Gasteiger partial charge in [0.05, 0.1) is 24.6 Å². The van der Waals surface area contributed by atoms with E-state index in [4.69, 9.17) is 9.47 Å². The zero-order valence-electron chi connectivity index (χ0n) is 17.9. The quantitative estimate of drug-likeness (QED) is 0.322. The van der Waals surface area contributed by atoms with E-state index in [2.05, 4.69) is 34.1 Å². The van der Waals surface area contributed by atoms with E-state index in [0.717, 1.165) is 51.3 Å². The van der Waals surface area contributed by atoms with Crippen LogP contribution < -0.4 is 19.3 Å². The van der Waals surface area contributed by atoms with Gasteiger partial charge < -0.3 is 19.3 Å². The Morgan fingerprint density at radius 3 is 2.33 bits per heavy atom. The molecule has 0 N–H and O–H groups in total. The van der Waals surface area contributed by atoms with Crippen LogP contribution in [0.15, 0.2) is 84.9 Å². The van der Waals surface area contributed by atoms with Gasteiger partial charge in [-0.15, -0.1) is 17.0 Å². The van der Waals surface area contributed by atoms with Gasteiger partial charge in [-0.3, -0.25) is 4.79 Å². The lowest BCUT2D eigenvalue weighted by Gasteiger charge is -2.21. The van der Waals surface area contributed by atoms with Crippen molar-refractivity contribution in [2.45, 2.75) is 6.54 Å². The summed E-state index contributed by atoms with van der Waals surface area (Å²) >= 11 is 0. The van der Waals surface area contributed by atoms with Crippen LogP contribution in [-0.2, 0) is 6.54 Å². The van der Waals surface area contributed by atoms with Crippen LogP contribution in [0, 0.1) is 0 Å². The van der Waals surface area contributed by atoms with Gasteiger partial charge in [-0.05, 0) is 46.7 Å². The van der Waals surface area contributed by atoms with Gasteiger partial charge in [-0.25, -0.2) is 0 Å². The van der Waals surface area contributed by atoms with Crippen LogP contribution in [0.4, 0.5) is 11.4 Å². The van der Waals surface area contributed by atoms with E-state index in [1.807, 2.05) is 60.7 Å². The number of nitrogens with zero attached hydrogens (tertiary/aromatic N) is 2. The molecule has 0 aliphatic carbocycles. The summed E-state index contributed by atoms with van der Waals surface area (Å²) in [4.78, 5) is 17.6. The van der Waals surface area contributed by atoms with Crippen LogP contribution in [0.5, 0.6) is 11.5 Å². The number of carbonyl (C=O) groups excluding carboxylic acids is 1. The zero-order valence-corrected chi connectivity index (χ0v) is 19.7. The Kier molecular flexibility index (Phi) is 5.68. The molecule has 6 rings (SSSR count). The molecule has 166 valence electrons. The highest BCUT2D eigenvalue weighted by Gasteiger charge is 2.27. The molecule has 6 heteroatoms. The number of benzene rings is 4. The van der Waals surface area contributed by atoms with E-state index in [1.54, 1.807) is 0 Å². The summed E-state index contributed by atoms with van der Waals surface area (Å²) in [6.07, 6.45) is 0. The Balaban J connectivity index is 0.00000228. The first-order valence-corrected chi connectivity index (χ1v) is 10.7. The fourth-order valence-corrected chi connectivity index (χ4v) is 4.51. The molecule has 0 unspecified atom stereocenters. The first kappa shape index (κ1) is 21.3. The van der Waals surface area contributed by atoms with Crippen molar-refractivity contribution in [2.24, 2.45) is 0 Å². The molecule has 0 bridgehead atoms. The normalized spacial score (nSPS) is 13.7. The lowest BCUT2D eigenvalue weighted by Crippen LogP contribution is -2.34. The topological polar surface area (TPSA) is 42.0 Å². The number of Topliss-reactive ketones (excluding diaryl/α,β-unsaturated/α-hetero) is 1. The number of hydrogen-bond acceptors (Lipinski definition) is 5. The van der Waals surface area contributed by atoms with Gasteiger partial charge in [-0.1, -0.05) is 54.6 Å². The average Bonchev–Trinajstić information content (AvgIpc) is 3.43. The predicted molar refractivity (Wildman–Crippen MR) is 136 cm³/mol. The highest BCUT2D eigenvalue weighted by atomic mass is 79.9. The summed E-state index contributed by atoms with van der Waals surface area (Å²) in [6, 6.07) is 28.4. The third-order valence-electron chi connectivity index (χ3n) is 6.12. The van der Waals surface area contributed by atoms with Crippen molar-refractivity contribution in [2.75, 3.05) is 29.8 Å². The van der Waals surface area contributed by atoms with E-state index in [1.165, 1.54) is 0 Å². The molecule has 0 amide bonds. The molecule has 4 aromatic rings. The Morgan fingerprint density at radius 1 is 0.758 bits per heavy atom. The van der Waals surface area contributed by atoms with Gasteiger partial charge in [0.15, 0.2) is 17.3 Å². The molecule has 0 fully saturated rings. The van der Waals surface area contributed by atoms with E-state index in [0.29, 0.717) is 13.2 Å². The van der Waals surface area contributed by atoms with Crippen LogP contribution in [-0.4, -0.2) is 25.8 Å². The summed E-state index contributed by atoms with van der Waals surface area (Å²) in [6.45, 7) is 2.00. The molecule has 0 saturated heterocycles. The summed E-state index contributed by atoms with van der Waals surface area (Å²) in [5, 5.41) is 2.23. The minimum absolute atomic E-state index is 0. The molecular weight excluding hydrogens is 480 g/mol. The monoisotopic (exact) mass is 502 g/mol. The van der Waals surface area contributed by atoms with Crippen molar-refractivity contribution in [3.05, 3.63) is 96.1 Å². The lowest BCUT2D eigenvalue weighted by atomic mass is 10.0. The highest BCUT2D eigenvalue weighted by Crippen LogP contribution is 2.38. The van der Waals surface area contributed by atoms with Gasteiger partial charge in [0.1, 0.15) is 0 Å². The van der Waals surface area contributed by atoms with Crippen molar-refractivity contribution in [1.29, 1.82) is 0 Å². The maximum Gasteiger partial charge on any atom is 0.231 e. The first-order valence-electron chi connectivity index (χ1n) is 10.7. The number of rotatable bonds is 5. The van der Waals surface area contributed by atoms with Crippen LogP contribution in [0.25, 0.3) is 10.8 Å². The predicted octanol–water partition coefficient (Wildman–Crippen LogP) is 5.81. The molecule has 4 aromatic carbocycles. The maximum absolute atomic E-state index is 13.2. The minimum atomic E-state index is 0. The third-order valence-corrected chi connectivity index (χ3v) is 6.12. The smallest absolute Gasteiger partial charge is 0.231 e. The molecule has 0 spiro atoms. The zero-order chi connectivity index (χ0) is 21.5. The Morgan fingerprint density at radius 2 is 1.48 bits per heavy atom. The number of fused-ring (bicyclic) bond motifs is 3. The molecule has 2 heterocycles. The number of carbonyl (C=O) groups is 1. The van der Waals surface area contributed by atoms with Crippen LogP contribution in [0.3, 0.4) is 0 Å². The summed E-state index contributed by atoms with van der Waals surface area (Å²) in [5.74, 6) is 1.70. The SMILES string of the molecule is Br.O=C(CN1CN(Cc2ccc3c(c2)OCO3)c2ccccc21)c1ccc2ccccc2c1. The first-order chi connectivity index (χ1) is 15.7. The number of hydrogen-bond donors (Lipinski definition) is 0. The molecule has 2 aliphatic heterocycles. The Labute approximate surface area is 202 Å². The number of halogens is 1. The van der Waals surface area contributed by atoms with Crippen molar-refractivity contribution >= 4 is 44.9 Å².